The number of halogens is 2. The molecule has 0 saturated carbocycles. The topological polar surface area (TPSA) is 43.6 Å². The lowest BCUT2D eigenvalue weighted by molar-refractivity contribution is 0.589. The van der Waals surface area contributed by atoms with Crippen LogP contribution in [0.15, 0.2) is 182 Å². The van der Waals surface area contributed by atoms with Crippen LogP contribution in [0.2, 0.25) is 0 Å². The molecule has 0 amide bonds. The molecule has 0 N–H and O–H groups in total. The van der Waals surface area contributed by atoms with E-state index < -0.39 is 11.6 Å². The van der Waals surface area contributed by atoms with E-state index in [0.29, 0.717) is 28.6 Å². The minimum atomic E-state index is -0.654. The van der Waals surface area contributed by atoms with E-state index in [0.717, 1.165) is 60.9 Å². The van der Waals surface area contributed by atoms with Gasteiger partial charge in [-0.2, -0.15) is 0 Å². The van der Waals surface area contributed by atoms with Crippen LogP contribution in [0, 0.1) is 25.5 Å². The zero-order valence-electron chi connectivity index (χ0n) is 32.4. The summed E-state index contributed by atoms with van der Waals surface area (Å²) in [5, 5.41) is 2.13. The Morgan fingerprint density at radius 2 is 0.814 bits per heavy atom. The number of fused-ring (bicyclic) bond motifs is 3. The molecule has 2 heterocycles. The summed E-state index contributed by atoms with van der Waals surface area (Å²) in [5.74, 6) is 0.0254. The molecule has 10 aromatic rings. The van der Waals surface area contributed by atoms with Crippen LogP contribution in [0.1, 0.15) is 11.1 Å². The van der Waals surface area contributed by atoms with Gasteiger partial charge in [0.05, 0.1) is 22.3 Å². The SMILES string of the molecule is Cc1cccc(-c2ccc3c(c2)c2cc(-c4cccc(C)c4)ccc2n3-c2ccc(-c3c(F)cccc3F)cc2-c2nc(-c3ccccc3)nc(-c3ccccc3)n2)c1. The summed E-state index contributed by atoms with van der Waals surface area (Å²) < 4.78 is 33.3. The van der Waals surface area contributed by atoms with Gasteiger partial charge >= 0.3 is 0 Å². The Morgan fingerprint density at radius 3 is 1.32 bits per heavy atom. The van der Waals surface area contributed by atoms with Crippen LogP contribution in [0.25, 0.3) is 95.0 Å². The summed E-state index contributed by atoms with van der Waals surface area (Å²) in [6.07, 6.45) is 0. The van der Waals surface area contributed by atoms with Crippen LogP contribution in [0.3, 0.4) is 0 Å². The molecule has 0 aliphatic rings. The van der Waals surface area contributed by atoms with E-state index in [1.165, 1.54) is 29.3 Å². The van der Waals surface area contributed by atoms with Gasteiger partial charge in [-0.3, -0.25) is 0 Å². The van der Waals surface area contributed by atoms with Crippen molar-refractivity contribution >= 4 is 21.8 Å². The number of benzene rings is 8. The molecule has 8 aromatic carbocycles. The molecule has 10 rings (SSSR count). The van der Waals surface area contributed by atoms with Crippen molar-refractivity contribution in [3.63, 3.8) is 0 Å². The Kier molecular flexibility index (Phi) is 8.95. The first-order valence-corrected chi connectivity index (χ1v) is 19.6. The second-order valence-corrected chi connectivity index (χ2v) is 14.9. The smallest absolute Gasteiger partial charge is 0.166 e. The number of rotatable bonds is 7. The lowest BCUT2D eigenvalue weighted by Crippen LogP contribution is -2.04. The summed E-state index contributed by atoms with van der Waals surface area (Å²) in [7, 11) is 0. The van der Waals surface area contributed by atoms with Crippen LogP contribution in [-0.2, 0) is 0 Å². The van der Waals surface area contributed by atoms with Gasteiger partial charge in [0.15, 0.2) is 17.5 Å². The lowest BCUT2D eigenvalue weighted by Gasteiger charge is -2.17. The zero-order valence-corrected chi connectivity index (χ0v) is 32.4. The number of hydrogen-bond acceptors (Lipinski definition) is 3. The molecule has 0 atom stereocenters. The lowest BCUT2D eigenvalue weighted by atomic mass is 9.99. The van der Waals surface area contributed by atoms with Gasteiger partial charge < -0.3 is 4.57 Å². The van der Waals surface area contributed by atoms with Gasteiger partial charge in [-0.1, -0.05) is 145 Å². The maximum absolute atomic E-state index is 15.6. The van der Waals surface area contributed by atoms with Gasteiger partial charge in [0, 0.05) is 27.5 Å². The average molecular weight is 767 g/mol. The van der Waals surface area contributed by atoms with Gasteiger partial charge in [-0.05, 0) is 90.2 Å². The van der Waals surface area contributed by atoms with E-state index in [9.17, 15) is 0 Å². The second-order valence-electron chi connectivity index (χ2n) is 14.9. The normalized spacial score (nSPS) is 11.4. The van der Waals surface area contributed by atoms with Crippen LogP contribution in [0.4, 0.5) is 8.78 Å². The van der Waals surface area contributed by atoms with Crippen molar-refractivity contribution in [1.29, 1.82) is 0 Å². The molecule has 0 spiro atoms. The highest BCUT2D eigenvalue weighted by Crippen LogP contribution is 2.41. The van der Waals surface area contributed by atoms with Gasteiger partial charge in [0.1, 0.15) is 11.6 Å². The van der Waals surface area contributed by atoms with Crippen LogP contribution in [-0.4, -0.2) is 19.5 Å². The van der Waals surface area contributed by atoms with Crippen molar-refractivity contribution < 1.29 is 8.78 Å². The molecular formula is C53H36F2N4. The van der Waals surface area contributed by atoms with Crippen molar-refractivity contribution in [3.8, 4) is 73.2 Å². The van der Waals surface area contributed by atoms with Gasteiger partial charge in [-0.25, -0.2) is 23.7 Å². The minimum absolute atomic E-state index is 0.117. The molecule has 282 valence electrons. The van der Waals surface area contributed by atoms with Crippen molar-refractivity contribution in [1.82, 2.24) is 19.5 Å². The van der Waals surface area contributed by atoms with Crippen molar-refractivity contribution in [2.24, 2.45) is 0 Å². The summed E-state index contributed by atoms with van der Waals surface area (Å²) in [6.45, 7) is 4.21. The molecule has 0 aliphatic carbocycles. The summed E-state index contributed by atoms with van der Waals surface area (Å²) in [5.41, 5.74) is 12.0. The number of aromatic nitrogens is 4. The quantitative estimate of drug-likeness (QED) is 0.162. The molecule has 59 heavy (non-hydrogen) atoms. The molecular weight excluding hydrogens is 731 g/mol. The van der Waals surface area contributed by atoms with E-state index in [4.69, 9.17) is 15.0 Å². The molecule has 0 saturated heterocycles. The average Bonchev–Trinajstić information content (AvgIpc) is 3.59. The third-order valence-corrected chi connectivity index (χ3v) is 10.9. The summed E-state index contributed by atoms with van der Waals surface area (Å²) >= 11 is 0. The van der Waals surface area contributed by atoms with E-state index in [1.54, 1.807) is 12.1 Å². The summed E-state index contributed by atoms with van der Waals surface area (Å²) in [6, 6.07) is 59.2. The van der Waals surface area contributed by atoms with Crippen LogP contribution in [0.5, 0.6) is 0 Å². The van der Waals surface area contributed by atoms with Gasteiger partial charge in [-0.15, -0.1) is 0 Å². The van der Waals surface area contributed by atoms with Crippen LogP contribution < -0.4 is 0 Å². The molecule has 0 unspecified atom stereocenters. The second kappa shape index (κ2) is 14.7. The predicted molar refractivity (Wildman–Crippen MR) is 236 cm³/mol. The molecule has 2 aromatic heterocycles. The minimum Gasteiger partial charge on any atom is -0.308 e. The van der Waals surface area contributed by atoms with E-state index in [2.05, 4.69) is 103 Å². The van der Waals surface area contributed by atoms with Crippen molar-refractivity contribution in [3.05, 3.63) is 205 Å². The largest absolute Gasteiger partial charge is 0.308 e. The maximum Gasteiger partial charge on any atom is 0.166 e. The Labute approximate surface area is 340 Å². The first kappa shape index (κ1) is 35.8. The third-order valence-electron chi connectivity index (χ3n) is 10.9. The van der Waals surface area contributed by atoms with Crippen molar-refractivity contribution in [2.45, 2.75) is 13.8 Å². The Hall–Kier alpha value is -7.57. The molecule has 0 bridgehead atoms. The van der Waals surface area contributed by atoms with E-state index in [1.807, 2.05) is 66.7 Å². The Balaban J connectivity index is 1.29. The third kappa shape index (κ3) is 6.64. The van der Waals surface area contributed by atoms with Crippen LogP contribution >= 0.6 is 0 Å². The first-order valence-electron chi connectivity index (χ1n) is 19.6. The highest BCUT2D eigenvalue weighted by molar-refractivity contribution is 6.12. The van der Waals surface area contributed by atoms with Gasteiger partial charge in [0.25, 0.3) is 0 Å². The standard InChI is InChI=1S/C53H36F2N4/c1-33-12-9-18-37(28-33)39-22-25-47-42(30-39)43-31-40(38-19-10-13-34(2)29-38)23-26-48(43)59(47)49-27-24-41(50-45(54)20-11-21-46(50)55)32-44(49)53-57-51(35-14-5-3-6-15-35)56-52(58-53)36-16-7-4-8-17-36/h3-32H,1-2H3. The monoisotopic (exact) mass is 766 g/mol. The number of hydrogen-bond donors (Lipinski definition) is 0. The van der Waals surface area contributed by atoms with E-state index in [-0.39, 0.29) is 5.56 Å². The van der Waals surface area contributed by atoms with Gasteiger partial charge in [0.2, 0.25) is 0 Å². The van der Waals surface area contributed by atoms with Crippen molar-refractivity contribution in [2.75, 3.05) is 0 Å². The molecule has 0 fully saturated rings. The fraction of sp³-hybridized carbons (Fsp3) is 0.0377. The number of aryl methyl sites for hydroxylation is 2. The van der Waals surface area contributed by atoms with E-state index >= 15 is 8.78 Å². The fourth-order valence-electron chi connectivity index (χ4n) is 8.06. The molecule has 0 radical (unpaired) electrons. The zero-order chi connectivity index (χ0) is 40.0. The number of nitrogens with zero attached hydrogens (tertiary/aromatic N) is 4. The Morgan fingerprint density at radius 1 is 0.373 bits per heavy atom. The maximum atomic E-state index is 15.6. The first-order chi connectivity index (χ1) is 28.9. The predicted octanol–water partition coefficient (Wildman–Crippen LogP) is 13.9. The molecule has 6 heteroatoms. The molecule has 0 aliphatic heterocycles. The summed E-state index contributed by atoms with van der Waals surface area (Å²) in [4.78, 5) is 15.2. The Bertz CT molecular complexity index is 3030. The highest BCUT2D eigenvalue weighted by atomic mass is 19.1. The molecule has 4 nitrogen and oxygen atoms in total. The fourth-order valence-corrected chi connectivity index (χ4v) is 8.06. The highest BCUT2D eigenvalue weighted by Gasteiger charge is 2.22.